The fraction of sp³-hybridized carbons (Fsp3) is 0.727. The van der Waals surface area contributed by atoms with Crippen molar-refractivity contribution in [3.05, 3.63) is 9.77 Å². The Morgan fingerprint density at radius 2 is 2.11 bits per heavy atom. The minimum Gasteiger partial charge on any atom is -0.466 e. The van der Waals surface area contributed by atoms with E-state index in [-0.39, 0.29) is 5.88 Å². The van der Waals surface area contributed by atoms with Gasteiger partial charge in [0.15, 0.2) is 6.61 Å². The predicted molar refractivity (Wildman–Crippen MR) is 70.0 cm³/mol. The van der Waals surface area contributed by atoms with E-state index in [4.69, 9.17) is 4.74 Å². The molecular weight excluding hydrogens is 376 g/mol. The van der Waals surface area contributed by atoms with E-state index in [1.165, 1.54) is 0 Å². The van der Waals surface area contributed by atoms with Gasteiger partial charge < -0.3 is 9.47 Å². The summed E-state index contributed by atoms with van der Waals surface area (Å²) in [6.45, 7) is 0.854. The third-order valence-corrected chi connectivity index (χ3v) is 3.58. The Morgan fingerprint density at radius 1 is 1.42 bits per heavy atom. The standard InChI is InChI=1S/C11H14F3IN2O2/c12-11(13,14)7-19-10-9(15)6-17(16-10)5-8-1-3-18-4-2-8/h6,8H,1-5,7H2. The second-order valence-corrected chi connectivity index (χ2v) is 5.63. The van der Waals surface area contributed by atoms with Crippen molar-refractivity contribution < 1.29 is 22.6 Å². The van der Waals surface area contributed by atoms with Crippen molar-refractivity contribution in [2.75, 3.05) is 19.8 Å². The van der Waals surface area contributed by atoms with Gasteiger partial charge in [-0.15, -0.1) is 5.10 Å². The molecule has 1 fully saturated rings. The predicted octanol–water partition coefficient (Wildman–Crippen LogP) is 2.86. The molecule has 1 aromatic rings. The van der Waals surface area contributed by atoms with Crippen molar-refractivity contribution in [3.8, 4) is 5.88 Å². The maximum atomic E-state index is 12.1. The summed E-state index contributed by atoms with van der Waals surface area (Å²) in [5, 5.41) is 4.05. The molecule has 0 saturated carbocycles. The summed E-state index contributed by atoms with van der Waals surface area (Å²) in [4.78, 5) is 0. The molecule has 0 atom stereocenters. The van der Waals surface area contributed by atoms with Crippen LogP contribution in [-0.2, 0) is 11.3 Å². The highest BCUT2D eigenvalue weighted by Crippen LogP contribution is 2.23. The Labute approximate surface area is 122 Å². The van der Waals surface area contributed by atoms with Crippen molar-refractivity contribution in [1.29, 1.82) is 0 Å². The van der Waals surface area contributed by atoms with Crippen LogP contribution < -0.4 is 4.74 Å². The Balaban J connectivity index is 1.92. The van der Waals surface area contributed by atoms with Gasteiger partial charge in [-0.05, 0) is 41.4 Å². The van der Waals surface area contributed by atoms with E-state index in [0.29, 0.717) is 16.0 Å². The molecule has 0 aromatic carbocycles. The number of alkyl halides is 3. The third-order valence-electron chi connectivity index (χ3n) is 2.84. The zero-order valence-electron chi connectivity index (χ0n) is 10.1. The first-order valence-corrected chi connectivity index (χ1v) is 7.02. The van der Waals surface area contributed by atoms with Gasteiger partial charge in [0.05, 0.1) is 3.57 Å². The smallest absolute Gasteiger partial charge is 0.422 e. The molecule has 0 N–H and O–H groups in total. The molecule has 19 heavy (non-hydrogen) atoms. The minimum absolute atomic E-state index is 0.0463. The number of nitrogens with zero attached hydrogens (tertiary/aromatic N) is 2. The summed E-state index contributed by atoms with van der Waals surface area (Å²) in [5.41, 5.74) is 0. The average molecular weight is 390 g/mol. The zero-order valence-corrected chi connectivity index (χ0v) is 12.3. The summed E-state index contributed by atoms with van der Waals surface area (Å²) in [7, 11) is 0. The van der Waals surface area contributed by atoms with Gasteiger partial charge in [0.1, 0.15) is 0 Å². The van der Waals surface area contributed by atoms with E-state index >= 15 is 0 Å². The fourth-order valence-corrected chi connectivity index (χ4v) is 2.50. The second kappa shape index (κ2) is 6.29. The van der Waals surface area contributed by atoms with Crippen LogP contribution in [0.15, 0.2) is 6.20 Å². The maximum absolute atomic E-state index is 12.1. The normalized spacial score (nSPS) is 17.7. The van der Waals surface area contributed by atoms with Crippen LogP contribution in [0.25, 0.3) is 0 Å². The fourth-order valence-electron chi connectivity index (χ4n) is 1.91. The summed E-state index contributed by atoms with van der Waals surface area (Å²) < 4.78 is 48.4. The summed E-state index contributed by atoms with van der Waals surface area (Å²) >= 11 is 1.93. The van der Waals surface area contributed by atoms with Gasteiger partial charge in [0.25, 0.3) is 0 Å². The highest BCUT2D eigenvalue weighted by Gasteiger charge is 2.29. The van der Waals surface area contributed by atoms with Crippen molar-refractivity contribution in [2.45, 2.75) is 25.6 Å². The number of ether oxygens (including phenoxy) is 2. The van der Waals surface area contributed by atoms with E-state index < -0.39 is 12.8 Å². The molecule has 0 amide bonds. The Hall–Kier alpha value is -0.510. The lowest BCUT2D eigenvalue weighted by atomic mass is 10.0. The van der Waals surface area contributed by atoms with Gasteiger partial charge in [-0.25, -0.2) is 0 Å². The van der Waals surface area contributed by atoms with Gasteiger partial charge in [0.2, 0.25) is 5.88 Å². The summed E-state index contributed by atoms with van der Waals surface area (Å²) in [6, 6.07) is 0. The van der Waals surface area contributed by atoms with Gasteiger partial charge in [-0.2, -0.15) is 13.2 Å². The zero-order chi connectivity index (χ0) is 13.9. The SMILES string of the molecule is FC(F)(F)COc1nn(CC2CCOCC2)cc1I. The van der Waals surface area contributed by atoms with Crippen molar-refractivity contribution >= 4 is 22.6 Å². The molecule has 1 aliphatic rings. The van der Waals surface area contributed by atoms with Gasteiger partial charge in [-0.3, -0.25) is 4.68 Å². The van der Waals surface area contributed by atoms with Crippen LogP contribution in [0.2, 0.25) is 0 Å². The van der Waals surface area contributed by atoms with Crippen LogP contribution in [0.4, 0.5) is 13.2 Å². The van der Waals surface area contributed by atoms with E-state index in [1.54, 1.807) is 10.9 Å². The maximum Gasteiger partial charge on any atom is 0.422 e. The molecule has 0 radical (unpaired) electrons. The topological polar surface area (TPSA) is 36.3 Å². The third kappa shape index (κ3) is 4.83. The van der Waals surface area contributed by atoms with E-state index in [0.717, 1.165) is 26.1 Å². The molecule has 1 saturated heterocycles. The molecule has 1 aliphatic heterocycles. The lowest BCUT2D eigenvalue weighted by molar-refractivity contribution is -0.154. The summed E-state index contributed by atoms with van der Waals surface area (Å²) in [5.74, 6) is 0.505. The average Bonchev–Trinajstić information content (AvgIpc) is 2.67. The quantitative estimate of drug-likeness (QED) is 0.743. The molecule has 4 nitrogen and oxygen atoms in total. The van der Waals surface area contributed by atoms with Crippen molar-refractivity contribution in [2.24, 2.45) is 5.92 Å². The molecule has 2 heterocycles. The Kier molecular flexibility index (Phi) is 4.93. The number of aromatic nitrogens is 2. The second-order valence-electron chi connectivity index (χ2n) is 4.46. The lowest BCUT2D eigenvalue weighted by Crippen LogP contribution is -2.21. The first-order chi connectivity index (χ1) is 8.94. The van der Waals surface area contributed by atoms with Crippen LogP contribution in [0.1, 0.15) is 12.8 Å². The van der Waals surface area contributed by atoms with E-state index in [9.17, 15) is 13.2 Å². The molecule has 2 rings (SSSR count). The number of halogens is 4. The van der Waals surface area contributed by atoms with Crippen LogP contribution in [0, 0.1) is 9.49 Å². The number of rotatable bonds is 4. The van der Waals surface area contributed by atoms with Crippen LogP contribution in [0.5, 0.6) is 5.88 Å². The van der Waals surface area contributed by atoms with E-state index in [2.05, 4.69) is 9.84 Å². The van der Waals surface area contributed by atoms with Crippen LogP contribution in [-0.4, -0.2) is 35.8 Å². The molecule has 8 heteroatoms. The summed E-state index contributed by atoms with van der Waals surface area (Å²) in [6.07, 6.45) is -0.723. The number of hydrogen-bond acceptors (Lipinski definition) is 3. The Bertz CT molecular complexity index is 417. The first-order valence-electron chi connectivity index (χ1n) is 5.94. The largest absolute Gasteiger partial charge is 0.466 e. The highest BCUT2D eigenvalue weighted by atomic mass is 127. The monoisotopic (exact) mass is 390 g/mol. The molecule has 0 unspecified atom stereocenters. The molecule has 0 spiro atoms. The first kappa shape index (κ1) is 14.9. The minimum atomic E-state index is -4.34. The van der Waals surface area contributed by atoms with Crippen molar-refractivity contribution in [1.82, 2.24) is 9.78 Å². The van der Waals surface area contributed by atoms with Crippen LogP contribution in [0.3, 0.4) is 0 Å². The molecule has 0 bridgehead atoms. The van der Waals surface area contributed by atoms with Gasteiger partial charge in [0, 0.05) is 26.0 Å². The number of hydrogen-bond donors (Lipinski definition) is 0. The molecule has 108 valence electrons. The van der Waals surface area contributed by atoms with E-state index in [1.807, 2.05) is 22.6 Å². The molecule has 0 aliphatic carbocycles. The van der Waals surface area contributed by atoms with Gasteiger partial charge in [-0.1, -0.05) is 0 Å². The van der Waals surface area contributed by atoms with Crippen molar-refractivity contribution in [3.63, 3.8) is 0 Å². The molecule has 1 aromatic heterocycles. The lowest BCUT2D eigenvalue weighted by Gasteiger charge is -2.21. The van der Waals surface area contributed by atoms with Crippen LogP contribution >= 0.6 is 22.6 Å². The highest BCUT2D eigenvalue weighted by molar-refractivity contribution is 14.1. The Morgan fingerprint density at radius 3 is 2.74 bits per heavy atom. The molecular formula is C11H14F3IN2O2. The van der Waals surface area contributed by atoms with Gasteiger partial charge >= 0.3 is 6.18 Å².